The molecule has 7 heteroatoms. The normalized spacial score (nSPS) is 22.4. The van der Waals surface area contributed by atoms with Crippen LogP contribution in [0.25, 0.3) is 0 Å². The van der Waals surface area contributed by atoms with Crippen LogP contribution in [0.5, 0.6) is 0 Å². The molecule has 6 nitrogen and oxygen atoms in total. The molecule has 0 bridgehead atoms. The number of rotatable bonds is 5. The zero-order valence-electron chi connectivity index (χ0n) is 10.2. The second-order valence-electron chi connectivity index (χ2n) is 4.03. The first-order chi connectivity index (χ1) is 8.01. The fourth-order valence-electron chi connectivity index (χ4n) is 1.87. The minimum Gasteiger partial charge on any atom is -0.469 e. The number of esters is 1. The van der Waals surface area contributed by atoms with Gasteiger partial charge in [-0.1, -0.05) is 0 Å². The van der Waals surface area contributed by atoms with Crippen molar-refractivity contribution in [3.8, 4) is 0 Å². The molecule has 0 saturated carbocycles. The molecule has 1 aliphatic rings. The molecule has 17 heavy (non-hydrogen) atoms. The molecule has 1 fully saturated rings. The van der Waals surface area contributed by atoms with Gasteiger partial charge in [-0.05, 0) is 12.8 Å². The molecule has 100 valence electrons. The molecule has 0 aromatic carbocycles. The first-order valence-corrected chi connectivity index (χ1v) is 7.16. The van der Waals surface area contributed by atoms with E-state index >= 15 is 0 Å². The molecule has 1 unspecified atom stereocenters. The number of sulfonamides is 1. The lowest BCUT2D eigenvalue weighted by Crippen LogP contribution is -2.44. The Balaban J connectivity index is 2.63. The largest absolute Gasteiger partial charge is 0.469 e. The fraction of sp³-hybridized carbons (Fsp3) is 0.900. The van der Waals surface area contributed by atoms with Gasteiger partial charge in [-0.15, -0.1) is 0 Å². The van der Waals surface area contributed by atoms with Crippen LogP contribution in [0.3, 0.4) is 0 Å². The molecule has 1 heterocycles. The molecule has 0 aromatic rings. The minimum absolute atomic E-state index is 0.0443. The molecule has 0 N–H and O–H groups in total. The third-order valence-electron chi connectivity index (χ3n) is 2.86. The van der Waals surface area contributed by atoms with Crippen molar-refractivity contribution < 1.29 is 22.7 Å². The average Bonchev–Trinajstić information content (AvgIpc) is 2.35. The third kappa shape index (κ3) is 3.93. The predicted octanol–water partition coefficient (Wildman–Crippen LogP) is -0.152. The summed E-state index contributed by atoms with van der Waals surface area (Å²) in [4.78, 5) is 11.4. The quantitative estimate of drug-likeness (QED) is 0.646. The first-order valence-electron chi connectivity index (χ1n) is 5.56. The smallest absolute Gasteiger partial charge is 0.309 e. The molecule has 0 radical (unpaired) electrons. The highest BCUT2D eigenvalue weighted by Crippen LogP contribution is 2.20. The SMILES string of the molecule is COCCS(=O)(=O)N1CCCC(C(=O)OC)C1. The van der Waals surface area contributed by atoms with Crippen LogP contribution >= 0.6 is 0 Å². The number of carbonyl (C=O) groups excluding carboxylic acids is 1. The van der Waals surface area contributed by atoms with Crippen LogP contribution in [0, 0.1) is 5.92 Å². The van der Waals surface area contributed by atoms with Gasteiger partial charge < -0.3 is 9.47 Å². The van der Waals surface area contributed by atoms with Crippen molar-refractivity contribution in [3.05, 3.63) is 0 Å². The van der Waals surface area contributed by atoms with E-state index in [1.807, 2.05) is 0 Å². The summed E-state index contributed by atoms with van der Waals surface area (Å²) in [7, 11) is -0.538. The Morgan fingerprint density at radius 3 is 2.71 bits per heavy atom. The summed E-state index contributed by atoms with van der Waals surface area (Å²) in [5.74, 6) is -0.722. The van der Waals surface area contributed by atoms with Crippen molar-refractivity contribution in [1.82, 2.24) is 4.31 Å². The fourth-order valence-corrected chi connectivity index (χ4v) is 3.32. The standard InChI is InChI=1S/C10H19NO5S/c1-15-6-7-17(13,14)11-5-3-4-9(8-11)10(12)16-2/h9H,3-8H2,1-2H3. The summed E-state index contributed by atoms with van der Waals surface area (Å²) in [6.45, 7) is 0.861. The van der Waals surface area contributed by atoms with Gasteiger partial charge in [0.2, 0.25) is 10.0 Å². The molecule has 0 aliphatic carbocycles. The number of hydrogen-bond donors (Lipinski definition) is 0. The molecule has 1 atom stereocenters. The van der Waals surface area contributed by atoms with E-state index in [0.717, 1.165) is 0 Å². The summed E-state index contributed by atoms with van der Waals surface area (Å²) in [6.07, 6.45) is 1.37. The Morgan fingerprint density at radius 2 is 2.12 bits per heavy atom. The monoisotopic (exact) mass is 265 g/mol. The van der Waals surface area contributed by atoms with Crippen LogP contribution in [0.1, 0.15) is 12.8 Å². The molecule has 0 amide bonds. The Kier molecular flexibility index (Phi) is 5.35. The van der Waals surface area contributed by atoms with Crippen molar-refractivity contribution >= 4 is 16.0 Å². The van der Waals surface area contributed by atoms with Gasteiger partial charge in [0, 0.05) is 20.2 Å². The van der Waals surface area contributed by atoms with Crippen molar-refractivity contribution in [3.63, 3.8) is 0 Å². The van der Waals surface area contributed by atoms with Crippen LogP contribution in [-0.2, 0) is 24.3 Å². The first kappa shape index (κ1) is 14.4. The molecular formula is C10H19NO5S. The van der Waals surface area contributed by atoms with Crippen molar-refractivity contribution in [2.24, 2.45) is 5.92 Å². The lowest BCUT2D eigenvalue weighted by atomic mass is 10.0. The van der Waals surface area contributed by atoms with Gasteiger partial charge >= 0.3 is 5.97 Å². The van der Waals surface area contributed by atoms with Crippen molar-refractivity contribution in [1.29, 1.82) is 0 Å². The van der Waals surface area contributed by atoms with Crippen LogP contribution in [-0.4, -0.2) is 58.4 Å². The maximum absolute atomic E-state index is 11.9. The van der Waals surface area contributed by atoms with Crippen LogP contribution in [0.4, 0.5) is 0 Å². The topological polar surface area (TPSA) is 72.9 Å². The van der Waals surface area contributed by atoms with Crippen LogP contribution < -0.4 is 0 Å². The lowest BCUT2D eigenvalue weighted by Gasteiger charge is -2.30. The second kappa shape index (κ2) is 6.32. The third-order valence-corrected chi connectivity index (χ3v) is 4.66. The summed E-state index contributed by atoms with van der Waals surface area (Å²) in [6, 6.07) is 0. The number of piperidine rings is 1. The van der Waals surface area contributed by atoms with Crippen LogP contribution in [0.15, 0.2) is 0 Å². The highest BCUT2D eigenvalue weighted by Gasteiger charge is 2.32. The van der Waals surface area contributed by atoms with Crippen molar-refractivity contribution in [2.45, 2.75) is 12.8 Å². The molecule has 1 saturated heterocycles. The lowest BCUT2D eigenvalue weighted by molar-refractivity contribution is -0.146. The number of nitrogens with zero attached hydrogens (tertiary/aromatic N) is 1. The number of methoxy groups -OCH3 is 2. The van der Waals surface area contributed by atoms with Gasteiger partial charge in [-0.2, -0.15) is 0 Å². The Bertz CT molecular complexity index is 354. The molecule has 1 aliphatic heterocycles. The second-order valence-corrected chi connectivity index (χ2v) is 6.12. The Hall–Kier alpha value is -0.660. The van der Waals surface area contributed by atoms with E-state index in [-0.39, 0.29) is 30.8 Å². The van der Waals surface area contributed by atoms with E-state index in [4.69, 9.17) is 4.74 Å². The number of carbonyl (C=O) groups is 1. The Labute approximate surface area is 102 Å². The molecule has 0 aromatic heterocycles. The summed E-state index contributed by atoms with van der Waals surface area (Å²) in [5, 5.41) is 0. The number of hydrogen-bond acceptors (Lipinski definition) is 5. The van der Waals surface area contributed by atoms with Crippen molar-refractivity contribution in [2.75, 3.05) is 39.7 Å². The van der Waals surface area contributed by atoms with Gasteiger partial charge in [0.25, 0.3) is 0 Å². The van der Waals surface area contributed by atoms with E-state index in [9.17, 15) is 13.2 Å². The summed E-state index contributed by atoms with van der Waals surface area (Å²) in [5.41, 5.74) is 0. The zero-order chi connectivity index (χ0) is 12.9. The Morgan fingerprint density at radius 1 is 1.41 bits per heavy atom. The summed E-state index contributed by atoms with van der Waals surface area (Å²) < 4.78 is 34.6. The van der Waals surface area contributed by atoms with E-state index in [0.29, 0.717) is 19.4 Å². The predicted molar refractivity (Wildman–Crippen MR) is 62.0 cm³/mol. The van der Waals surface area contributed by atoms with Crippen LogP contribution in [0.2, 0.25) is 0 Å². The van der Waals surface area contributed by atoms with E-state index in [1.54, 1.807) is 0 Å². The van der Waals surface area contributed by atoms with E-state index < -0.39 is 10.0 Å². The maximum Gasteiger partial charge on any atom is 0.309 e. The minimum atomic E-state index is -3.32. The highest BCUT2D eigenvalue weighted by atomic mass is 32.2. The molecular weight excluding hydrogens is 246 g/mol. The van der Waals surface area contributed by atoms with E-state index in [1.165, 1.54) is 18.5 Å². The van der Waals surface area contributed by atoms with Gasteiger partial charge in [0.1, 0.15) is 0 Å². The van der Waals surface area contributed by atoms with Gasteiger partial charge in [0.15, 0.2) is 0 Å². The molecule has 1 rings (SSSR count). The zero-order valence-corrected chi connectivity index (χ0v) is 11.0. The van der Waals surface area contributed by atoms with E-state index in [2.05, 4.69) is 4.74 Å². The highest BCUT2D eigenvalue weighted by molar-refractivity contribution is 7.89. The van der Waals surface area contributed by atoms with Gasteiger partial charge in [-0.3, -0.25) is 4.79 Å². The number of ether oxygens (including phenoxy) is 2. The maximum atomic E-state index is 11.9. The summed E-state index contributed by atoms with van der Waals surface area (Å²) >= 11 is 0. The van der Waals surface area contributed by atoms with Gasteiger partial charge in [-0.25, -0.2) is 12.7 Å². The van der Waals surface area contributed by atoms with Gasteiger partial charge in [0.05, 0.1) is 25.4 Å². The molecule has 0 spiro atoms. The average molecular weight is 265 g/mol.